The summed E-state index contributed by atoms with van der Waals surface area (Å²) in [4.78, 5) is 29.8. The van der Waals surface area contributed by atoms with Crippen LogP contribution in [0.5, 0.6) is 0 Å². The van der Waals surface area contributed by atoms with Crippen LogP contribution in [0.2, 0.25) is 0 Å². The van der Waals surface area contributed by atoms with E-state index in [9.17, 15) is 14.7 Å². The van der Waals surface area contributed by atoms with Gasteiger partial charge in [0.05, 0.1) is 36.5 Å². The lowest BCUT2D eigenvalue weighted by Crippen LogP contribution is -2.38. The molecule has 0 radical (unpaired) electrons. The summed E-state index contributed by atoms with van der Waals surface area (Å²) < 4.78 is 13.5. The average Bonchev–Trinajstić information content (AvgIpc) is 3.45. The zero-order valence-electron chi connectivity index (χ0n) is 29.9. The molecular weight excluding hydrogens is 661 g/mol. The normalized spacial score (nSPS) is 19.2. The molecule has 6 aromatic carbocycles. The Morgan fingerprint density at radius 2 is 1.38 bits per heavy atom. The van der Waals surface area contributed by atoms with E-state index in [-0.39, 0.29) is 43.2 Å². The van der Waals surface area contributed by atoms with Gasteiger partial charge in [-0.25, -0.2) is 0 Å². The molecule has 2 amide bonds. The fraction of sp³-hybridized carbons (Fsp3) is 0.217. The van der Waals surface area contributed by atoms with Gasteiger partial charge in [-0.15, -0.1) is 0 Å². The lowest BCUT2D eigenvalue weighted by molar-refractivity contribution is -0.253. The number of likely N-dealkylation sites (N-methyl/N-ethyl adjacent to an activating group) is 1. The Morgan fingerprint density at radius 3 is 2.11 bits per heavy atom. The van der Waals surface area contributed by atoms with E-state index in [1.165, 1.54) is 21.2 Å². The van der Waals surface area contributed by atoms with Crippen LogP contribution in [0.1, 0.15) is 80.3 Å². The van der Waals surface area contributed by atoms with Gasteiger partial charge in [0.15, 0.2) is 6.29 Å². The smallest absolute Gasteiger partial charge is 0.261 e. The van der Waals surface area contributed by atoms with Crippen molar-refractivity contribution in [3.63, 3.8) is 0 Å². The summed E-state index contributed by atoms with van der Waals surface area (Å²) in [5.74, 6) is -0.533. The minimum Gasteiger partial charge on any atom is -0.392 e. The molecule has 7 nitrogen and oxygen atoms in total. The largest absolute Gasteiger partial charge is 0.392 e. The maximum atomic E-state index is 13.1. The molecule has 0 spiro atoms. The number of aliphatic hydroxyl groups excluding tert-OH is 1. The van der Waals surface area contributed by atoms with E-state index in [1.54, 1.807) is 24.3 Å². The molecule has 53 heavy (non-hydrogen) atoms. The minimum atomic E-state index is -0.609. The summed E-state index contributed by atoms with van der Waals surface area (Å²) in [7, 11) is 2.15. The van der Waals surface area contributed by atoms with E-state index < -0.39 is 6.29 Å². The van der Waals surface area contributed by atoms with Gasteiger partial charge in [-0.2, -0.15) is 0 Å². The number of nitrogens with zero attached hydrogens (tertiary/aromatic N) is 2. The van der Waals surface area contributed by atoms with Gasteiger partial charge < -0.3 is 14.6 Å². The quantitative estimate of drug-likeness (QED) is 0.144. The Bertz CT molecular complexity index is 2250. The Labute approximate surface area is 310 Å². The van der Waals surface area contributed by atoms with Crippen LogP contribution in [0.15, 0.2) is 140 Å². The van der Waals surface area contributed by atoms with Gasteiger partial charge in [0.1, 0.15) is 0 Å². The standard InChI is InChI=1S/C46H42N2O5/c1-30(35-22-21-33-10-3-4-11-37(33)24-35)47(2)28-40-26-43(34-19-17-31(29-49)18-20-34)53-46(52-40)39-14-8-13-38(25-39)36-12-7-9-32(23-36)27-48-44(50)41-15-5-6-16-42(41)45(48)51/h3-25,30,40,43,46,49H,26-29H2,1-2H3. The molecule has 2 heterocycles. The third-order valence-electron chi connectivity index (χ3n) is 10.7. The van der Waals surface area contributed by atoms with Crippen LogP contribution in [-0.4, -0.2) is 46.4 Å². The monoisotopic (exact) mass is 702 g/mol. The molecule has 0 bridgehead atoms. The maximum absolute atomic E-state index is 13.1. The van der Waals surface area contributed by atoms with Crippen LogP contribution in [-0.2, 0) is 22.6 Å². The first-order valence-electron chi connectivity index (χ1n) is 18.2. The molecule has 1 fully saturated rings. The number of carbonyl (C=O) groups is 2. The van der Waals surface area contributed by atoms with Crippen molar-refractivity contribution in [2.24, 2.45) is 0 Å². The number of carbonyl (C=O) groups excluding carboxylic acids is 2. The van der Waals surface area contributed by atoms with Gasteiger partial charge in [-0.05, 0) is 88.5 Å². The molecule has 0 aliphatic carbocycles. The number of aliphatic hydroxyl groups is 1. The molecule has 4 unspecified atom stereocenters. The fourth-order valence-electron chi connectivity index (χ4n) is 7.51. The highest BCUT2D eigenvalue weighted by Crippen LogP contribution is 2.40. The third-order valence-corrected chi connectivity index (χ3v) is 10.7. The molecule has 1 N–H and O–H groups in total. The molecule has 6 aromatic rings. The summed E-state index contributed by atoms with van der Waals surface area (Å²) in [5.41, 5.74) is 7.76. The zero-order chi connectivity index (χ0) is 36.5. The second-order valence-corrected chi connectivity index (χ2v) is 14.1. The van der Waals surface area contributed by atoms with Gasteiger partial charge in [0.2, 0.25) is 0 Å². The van der Waals surface area contributed by atoms with Crippen LogP contribution in [0.25, 0.3) is 21.9 Å². The van der Waals surface area contributed by atoms with E-state index in [2.05, 4.69) is 73.5 Å². The number of ether oxygens (including phenoxy) is 2. The number of benzene rings is 6. The maximum Gasteiger partial charge on any atom is 0.261 e. The van der Waals surface area contributed by atoms with E-state index >= 15 is 0 Å². The van der Waals surface area contributed by atoms with Crippen molar-refractivity contribution in [3.8, 4) is 11.1 Å². The third kappa shape index (κ3) is 7.17. The Balaban J connectivity index is 1.03. The first-order chi connectivity index (χ1) is 25.8. The second-order valence-electron chi connectivity index (χ2n) is 14.1. The first kappa shape index (κ1) is 34.6. The van der Waals surface area contributed by atoms with E-state index in [0.29, 0.717) is 24.1 Å². The van der Waals surface area contributed by atoms with Gasteiger partial charge >= 0.3 is 0 Å². The van der Waals surface area contributed by atoms with Crippen molar-refractivity contribution in [2.75, 3.05) is 13.6 Å². The van der Waals surface area contributed by atoms with Crippen molar-refractivity contribution in [2.45, 2.75) is 51.0 Å². The van der Waals surface area contributed by atoms with E-state index in [0.717, 1.165) is 33.4 Å². The fourth-order valence-corrected chi connectivity index (χ4v) is 7.51. The zero-order valence-corrected chi connectivity index (χ0v) is 29.9. The number of amides is 2. The summed E-state index contributed by atoms with van der Waals surface area (Å²) in [6, 6.07) is 46.4. The van der Waals surface area contributed by atoms with E-state index in [1.807, 2.05) is 60.7 Å². The van der Waals surface area contributed by atoms with Crippen LogP contribution in [0.4, 0.5) is 0 Å². The summed E-state index contributed by atoms with van der Waals surface area (Å²) in [6.45, 7) is 3.12. The number of rotatable bonds is 10. The van der Waals surface area contributed by atoms with Crippen molar-refractivity contribution in [1.29, 1.82) is 0 Å². The number of hydrogen-bond donors (Lipinski definition) is 1. The molecule has 0 aromatic heterocycles. The van der Waals surface area contributed by atoms with Gasteiger partial charge in [-0.1, -0.05) is 109 Å². The average molecular weight is 703 g/mol. The van der Waals surface area contributed by atoms with Gasteiger partial charge in [0, 0.05) is 24.6 Å². The number of hydrogen-bond acceptors (Lipinski definition) is 6. The van der Waals surface area contributed by atoms with Crippen molar-refractivity contribution in [3.05, 3.63) is 178 Å². The van der Waals surface area contributed by atoms with Crippen LogP contribution < -0.4 is 0 Å². The molecule has 0 saturated carbocycles. The van der Waals surface area contributed by atoms with Crippen molar-refractivity contribution < 1.29 is 24.2 Å². The predicted octanol–water partition coefficient (Wildman–Crippen LogP) is 9.03. The lowest BCUT2D eigenvalue weighted by atomic mass is 9.97. The van der Waals surface area contributed by atoms with Crippen LogP contribution in [0, 0.1) is 0 Å². The molecule has 4 atom stereocenters. The molecule has 266 valence electrons. The van der Waals surface area contributed by atoms with Gasteiger partial charge in [0.25, 0.3) is 11.8 Å². The highest BCUT2D eigenvalue weighted by Gasteiger charge is 2.36. The highest BCUT2D eigenvalue weighted by molar-refractivity contribution is 6.21. The number of imide groups is 1. The van der Waals surface area contributed by atoms with Crippen LogP contribution in [0.3, 0.4) is 0 Å². The lowest BCUT2D eigenvalue weighted by Gasteiger charge is -2.39. The van der Waals surface area contributed by atoms with E-state index in [4.69, 9.17) is 9.47 Å². The Morgan fingerprint density at radius 1 is 0.698 bits per heavy atom. The minimum absolute atomic E-state index is 0.0100. The predicted molar refractivity (Wildman–Crippen MR) is 206 cm³/mol. The van der Waals surface area contributed by atoms with Crippen molar-refractivity contribution in [1.82, 2.24) is 9.80 Å². The molecule has 8 rings (SSSR count). The first-order valence-corrected chi connectivity index (χ1v) is 18.2. The highest BCUT2D eigenvalue weighted by atomic mass is 16.7. The summed E-state index contributed by atoms with van der Waals surface area (Å²) in [5, 5.41) is 12.1. The molecule has 2 aliphatic rings. The number of fused-ring (bicyclic) bond motifs is 2. The topological polar surface area (TPSA) is 79.3 Å². The SMILES string of the molecule is CC(c1ccc2ccccc2c1)N(C)CC1CC(c2ccc(CO)cc2)OC(c2cccc(-c3cccc(CN4C(=O)c5ccccc5C4=O)c3)c2)O1. The Kier molecular flexibility index (Phi) is 9.73. The van der Waals surface area contributed by atoms with Crippen molar-refractivity contribution >= 4 is 22.6 Å². The molecule has 7 heteroatoms. The molecular formula is C46H42N2O5. The second kappa shape index (κ2) is 14.9. The van der Waals surface area contributed by atoms with Crippen LogP contribution >= 0.6 is 0 Å². The molecule has 2 aliphatic heterocycles. The van der Waals surface area contributed by atoms with Gasteiger partial charge in [-0.3, -0.25) is 19.4 Å². The summed E-state index contributed by atoms with van der Waals surface area (Å²) in [6.07, 6.45) is -0.246. The molecule has 1 saturated heterocycles. The Hall–Kier alpha value is -5.44. The summed E-state index contributed by atoms with van der Waals surface area (Å²) >= 11 is 0.